The van der Waals surface area contributed by atoms with E-state index in [0.29, 0.717) is 26.2 Å². The molecule has 0 aliphatic carbocycles. The van der Waals surface area contributed by atoms with Gasteiger partial charge < -0.3 is 19.5 Å². The maximum absolute atomic E-state index is 12.2. The average Bonchev–Trinajstić information content (AvgIpc) is 3.16. The molecule has 0 radical (unpaired) electrons. The van der Waals surface area contributed by atoms with Crippen molar-refractivity contribution >= 4 is 12.0 Å². The number of carbonyl (C=O) groups excluding carboxylic acids is 2. The second-order valence-corrected chi connectivity index (χ2v) is 6.13. The van der Waals surface area contributed by atoms with Gasteiger partial charge in [0.15, 0.2) is 0 Å². The van der Waals surface area contributed by atoms with Gasteiger partial charge in [-0.3, -0.25) is 4.79 Å². The molecule has 2 amide bonds. The highest BCUT2D eigenvalue weighted by Gasteiger charge is 2.30. The molecule has 1 aliphatic rings. The number of carbonyl (C=O) groups is 2. The molecule has 1 N–H and O–H groups in total. The Bertz CT molecular complexity index is 570. The summed E-state index contributed by atoms with van der Waals surface area (Å²) in [4.78, 5) is 29.9. The van der Waals surface area contributed by atoms with Crippen LogP contribution < -0.4 is 5.32 Å². The predicted molar refractivity (Wildman–Crippen MR) is 90.8 cm³/mol. The predicted octanol–water partition coefficient (Wildman–Crippen LogP) is 2.05. The van der Waals surface area contributed by atoms with Crippen LogP contribution in [0.3, 0.4) is 0 Å². The topological polar surface area (TPSA) is 76.5 Å². The average molecular weight is 336 g/mol. The van der Waals surface area contributed by atoms with Gasteiger partial charge in [0.1, 0.15) is 5.82 Å². The summed E-state index contributed by atoms with van der Waals surface area (Å²) in [5.74, 6) is 1.08. The molecule has 0 unspecified atom stereocenters. The van der Waals surface area contributed by atoms with Crippen molar-refractivity contribution in [2.75, 3.05) is 26.2 Å². The lowest BCUT2D eigenvalue weighted by molar-refractivity contribution is -0.142. The van der Waals surface area contributed by atoms with E-state index in [1.165, 1.54) is 5.69 Å². The van der Waals surface area contributed by atoms with E-state index in [0.717, 1.165) is 25.2 Å². The zero-order valence-electron chi connectivity index (χ0n) is 14.9. The number of nitrogens with zero attached hydrogens (tertiary/aromatic N) is 3. The number of nitrogens with one attached hydrogen (secondary N) is 1. The molecule has 7 nitrogen and oxygen atoms in total. The normalized spacial score (nSPS) is 17.1. The Labute approximate surface area is 143 Å². The van der Waals surface area contributed by atoms with Gasteiger partial charge in [0.05, 0.1) is 13.0 Å². The van der Waals surface area contributed by atoms with Gasteiger partial charge in [-0.25, -0.2) is 9.78 Å². The minimum atomic E-state index is -0.283. The number of aryl methyl sites for hydroxylation is 1. The summed E-state index contributed by atoms with van der Waals surface area (Å²) in [6.07, 6.45) is 4.10. The summed E-state index contributed by atoms with van der Waals surface area (Å²) in [5.41, 5.74) is 1.17. The van der Waals surface area contributed by atoms with Gasteiger partial charge in [0, 0.05) is 44.0 Å². The molecule has 2 heterocycles. The monoisotopic (exact) mass is 336 g/mol. The van der Waals surface area contributed by atoms with Gasteiger partial charge in [-0.15, -0.1) is 0 Å². The summed E-state index contributed by atoms with van der Waals surface area (Å²) < 4.78 is 7.10. The van der Waals surface area contributed by atoms with Gasteiger partial charge in [-0.2, -0.15) is 0 Å². The number of likely N-dealkylation sites (tertiary alicyclic amines) is 1. The lowest BCUT2D eigenvalue weighted by Gasteiger charge is -2.18. The molecule has 0 saturated carbocycles. The molecule has 1 saturated heterocycles. The molecule has 0 spiro atoms. The maximum Gasteiger partial charge on any atom is 0.317 e. The fourth-order valence-electron chi connectivity index (χ4n) is 3.09. The minimum absolute atomic E-state index is 0.118. The minimum Gasteiger partial charge on any atom is -0.466 e. The number of hydrogen-bond acceptors (Lipinski definition) is 4. The van der Waals surface area contributed by atoms with Crippen LogP contribution in [-0.4, -0.2) is 52.7 Å². The van der Waals surface area contributed by atoms with Gasteiger partial charge >= 0.3 is 12.0 Å². The number of hydrogen-bond donors (Lipinski definition) is 1. The van der Waals surface area contributed by atoms with Crippen molar-refractivity contribution in [3.8, 4) is 0 Å². The van der Waals surface area contributed by atoms with Gasteiger partial charge in [0.2, 0.25) is 0 Å². The Morgan fingerprint density at radius 1 is 1.42 bits per heavy atom. The molecular weight excluding hydrogens is 308 g/mol. The van der Waals surface area contributed by atoms with E-state index in [4.69, 9.17) is 4.74 Å². The third-order valence-electron chi connectivity index (χ3n) is 4.28. The molecule has 1 aliphatic heterocycles. The first-order valence-corrected chi connectivity index (χ1v) is 8.77. The van der Waals surface area contributed by atoms with Crippen LogP contribution in [0.25, 0.3) is 0 Å². The molecule has 134 valence electrons. The van der Waals surface area contributed by atoms with Crippen molar-refractivity contribution in [1.29, 1.82) is 0 Å². The zero-order valence-corrected chi connectivity index (χ0v) is 14.9. The van der Waals surface area contributed by atoms with Crippen LogP contribution >= 0.6 is 0 Å². The number of rotatable bonds is 7. The van der Waals surface area contributed by atoms with E-state index >= 15 is 0 Å². The lowest BCUT2D eigenvalue weighted by Crippen LogP contribution is -2.39. The molecular formula is C17H28N4O3. The summed E-state index contributed by atoms with van der Waals surface area (Å²) in [7, 11) is 0. The van der Waals surface area contributed by atoms with E-state index in [-0.39, 0.29) is 24.3 Å². The van der Waals surface area contributed by atoms with Crippen LogP contribution in [0.1, 0.15) is 50.5 Å². The molecule has 7 heteroatoms. The van der Waals surface area contributed by atoms with Crippen molar-refractivity contribution < 1.29 is 14.3 Å². The molecule has 1 aromatic rings. The first-order chi connectivity index (χ1) is 11.6. The van der Waals surface area contributed by atoms with E-state index in [1.54, 1.807) is 11.8 Å². The third-order valence-corrected chi connectivity index (χ3v) is 4.28. The fraction of sp³-hybridized carbons (Fsp3) is 0.706. The molecule has 1 aromatic heterocycles. The largest absolute Gasteiger partial charge is 0.466 e. The molecule has 0 aromatic carbocycles. The summed E-state index contributed by atoms with van der Waals surface area (Å²) in [6, 6.07) is -0.118. The Kier molecular flexibility index (Phi) is 6.63. The van der Waals surface area contributed by atoms with Crippen molar-refractivity contribution in [2.45, 2.75) is 52.5 Å². The highest BCUT2D eigenvalue weighted by Crippen LogP contribution is 2.27. The highest BCUT2D eigenvalue weighted by atomic mass is 16.5. The number of imidazole rings is 1. The van der Waals surface area contributed by atoms with Gasteiger partial charge in [-0.05, 0) is 26.7 Å². The third kappa shape index (κ3) is 4.49. The summed E-state index contributed by atoms with van der Waals surface area (Å²) in [5, 5.41) is 2.79. The van der Waals surface area contributed by atoms with E-state index in [9.17, 15) is 9.59 Å². The fourth-order valence-corrected chi connectivity index (χ4v) is 3.09. The SMILES string of the molecule is CCCn1c(C)cnc1[C@H]1CCN(C(=O)NCCC(=O)OCC)C1. The number of ether oxygens (including phenoxy) is 1. The van der Waals surface area contributed by atoms with Gasteiger partial charge in [0.25, 0.3) is 0 Å². The second-order valence-electron chi connectivity index (χ2n) is 6.13. The Hall–Kier alpha value is -2.05. The Morgan fingerprint density at radius 3 is 2.92 bits per heavy atom. The van der Waals surface area contributed by atoms with Crippen LogP contribution in [0.2, 0.25) is 0 Å². The zero-order chi connectivity index (χ0) is 17.5. The first-order valence-electron chi connectivity index (χ1n) is 8.77. The second kappa shape index (κ2) is 8.70. The Balaban J connectivity index is 1.84. The summed E-state index contributed by atoms with van der Waals surface area (Å²) >= 11 is 0. The van der Waals surface area contributed by atoms with Crippen LogP contribution in [-0.2, 0) is 16.1 Å². The van der Waals surface area contributed by atoms with Crippen LogP contribution in [0.4, 0.5) is 4.79 Å². The van der Waals surface area contributed by atoms with E-state index < -0.39 is 0 Å². The van der Waals surface area contributed by atoms with Crippen LogP contribution in [0.5, 0.6) is 0 Å². The van der Waals surface area contributed by atoms with E-state index in [2.05, 4.69) is 28.7 Å². The van der Waals surface area contributed by atoms with Crippen LogP contribution in [0.15, 0.2) is 6.20 Å². The Morgan fingerprint density at radius 2 is 2.21 bits per heavy atom. The number of amides is 2. The molecule has 2 rings (SSSR count). The number of aromatic nitrogens is 2. The van der Waals surface area contributed by atoms with Crippen molar-refractivity contribution in [2.24, 2.45) is 0 Å². The van der Waals surface area contributed by atoms with Crippen molar-refractivity contribution in [3.05, 3.63) is 17.7 Å². The standard InChI is InChI=1S/C17H28N4O3/c1-4-9-21-13(3)11-19-16(21)14-7-10-20(12-14)17(23)18-8-6-15(22)24-5-2/h11,14H,4-10,12H2,1-3H3,(H,18,23)/t14-/m0/s1. The molecule has 1 fully saturated rings. The highest BCUT2D eigenvalue weighted by molar-refractivity contribution is 5.76. The first kappa shape index (κ1) is 18.3. The van der Waals surface area contributed by atoms with Gasteiger partial charge in [-0.1, -0.05) is 6.92 Å². The molecule has 0 bridgehead atoms. The molecule has 24 heavy (non-hydrogen) atoms. The summed E-state index contributed by atoms with van der Waals surface area (Å²) in [6.45, 7) is 9.02. The smallest absolute Gasteiger partial charge is 0.317 e. The van der Waals surface area contributed by atoms with Crippen LogP contribution in [0, 0.1) is 6.92 Å². The number of esters is 1. The molecule has 1 atom stereocenters. The quantitative estimate of drug-likeness (QED) is 0.773. The maximum atomic E-state index is 12.2. The van der Waals surface area contributed by atoms with E-state index in [1.807, 2.05) is 6.20 Å². The van der Waals surface area contributed by atoms with Crippen molar-refractivity contribution in [3.63, 3.8) is 0 Å². The lowest BCUT2D eigenvalue weighted by atomic mass is 10.1. The number of urea groups is 1. The van der Waals surface area contributed by atoms with Crippen molar-refractivity contribution in [1.82, 2.24) is 19.8 Å².